The van der Waals surface area contributed by atoms with Gasteiger partial charge in [-0.15, -0.1) is 20.5 Å². The zero-order valence-corrected chi connectivity index (χ0v) is 31.5. The molecule has 0 bridgehead atoms. The number of rotatable bonds is 12. The van der Waals surface area contributed by atoms with E-state index in [2.05, 4.69) is 30.7 Å². The molecule has 0 saturated heterocycles. The zero-order valence-electron chi connectivity index (χ0n) is 30.7. The van der Waals surface area contributed by atoms with Gasteiger partial charge in [-0.3, -0.25) is 4.55 Å². The summed E-state index contributed by atoms with van der Waals surface area (Å²) < 4.78 is 38.4. The maximum atomic E-state index is 11.7. The quantitative estimate of drug-likeness (QED) is 0.0390. The summed E-state index contributed by atoms with van der Waals surface area (Å²) in [7, 11) is -3.04. The lowest BCUT2D eigenvalue weighted by atomic mass is 10.00. The fourth-order valence-electron chi connectivity index (χ4n) is 6.23. The van der Waals surface area contributed by atoms with E-state index in [-0.39, 0.29) is 62.8 Å². The molecule has 16 heteroatoms. The molecule has 292 valence electrons. The predicted molar refractivity (Wildman–Crippen MR) is 219 cm³/mol. The van der Waals surface area contributed by atoms with Crippen molar-refractivity contribution < 1.29 is 38.1 Å². The Kier molecular flexibility index (Phi) is 11.2. The highest BCUT2D eigenvalue weighted by Gasteiger charge is 2.16. The minimum Gasteiger partial charge on any atom is -0.506 e. The normalized spacial score (nSPS) is 12.1. The van der Waals surface area contributed by atoms with E-state index >= 15 is 0 Å². The number of ether oxygens (including phenoxy) is 1. The first-order valence-corrected chi connectivity index (χ1v) is 19.0. The summed E-state index contributed by atoms with van der Waals surface area (Å²) in [6, 6.07) is 32.3. The van der Waals surface area contributed by atoms with E-state index in [4.69, 9.17) is 10.5 Å². The monoisotopic (exact) mass is 797 g/mol. The number of azo groups is 3. The van der Waals surface area contributed by atoms with Crippen LogP contribution in [0.4, 0.5) is 39.8 Å². The van der Waals surface area contributed by atoms with E-state index in [1.807, 2.05) is 48.5 Å². The first-order valence-electron chi connectivity index (χ1n) is 17.6. The second kappa shape index (κ2) is 16.5. The molecule has 0 aliphatic carbocycles. The number of methoxy groups -OCH3 is 1. The third-order valence-corrected chi connectivity index (χ3v) is 10.1. The lowest BCUT2D eigenvalue weighted by Gasteiger charge is -2.10. The molecule has 15 nitrogen and oxygen atoms in total. The Morgan fingerprint density at radius 1 is 0.603 bits per heavy atom. The number of aliphatic hydroxyl groups excluding tert-OH is 2. The largest absolute Gasteiger partial charge is 0.506 e. The van der Waals surface area contributed by atoms with Crippen molar-refractivity contribution in [3.05, 3.63) is 138 Å². The van der Waals surface area contributed by atoms with E-state index in [1.54, 1.807) is 42.5 Å². The summed E-state index contributed by atoms with van der Waals surface area (Å²) >= 11 is 0. The highest BCUT2D eigenvalue weighted by molar-refractivity contribution is 7.86. The molecule has 0 atom stereocenters. The molecule has 7 aromatic rings. The predicted octanol–water partition coefficient (Wildman–Crippen LogP) is 10.1. The van der Waals surface area contributed by atoms with Gasteiger partial charge in [0.25, 0.3) is 10.1 Å². The average molecular weight is 798 g/mol. The molecule has 0 amide bonds. The number of hydrogen-bond donors (Lipinski definition) is 6. The zero-order chi connectivity index (χ0) is 41.0. The van der Waals surface area contributed by atoms with Crippen LogP contribution in [-0.2, 0) is 29.8 Å². The van der Waals surface area contributed by atoms with Crippen molar-refractivity contribution in [2.45, 2.75) is 24.5 Å². The molecule has 7 N–H and O–H groups in total. The Morgan fingerprint density at radius 2 is 1.22 bits per heavy atom. The van der Waals surface area contributed by atoms with Crippen molar-refractivity contribution in [1.29, 1.82) is 0 Å². The second-order valence-corrected chi connectivity index (χ2v) is 14.5. The highest BCUT2D eigenvalue weighted by atomic mass is 32.2. The second-order valence-electron chi connectivity index (χ2n) is 13.1. The molecule has 0 heterocycles. The number of phenols is 2. The van der Waals surface area contributed by atoms with Gasteiger partial charge in [0.05, 0.1) is 43.1 Å². The van der Waals surface area contributed by atoms with E-state index in [9.17, 15) is 33.4 Å². The minimum absolute atomic E-state index is 0.00752. The number of hydrogen-bond acceptors (Lipinski definition) is 14. The van der Waals surface area contributed by atoms with Gasteiger partial charge in [-0.1, -0.05) is 60.7 Å². The lowest BCUT2D eigenvalue weighted by Crippen LogP contribution is -2.04. The Bertz CT molecular complexity index is 2920. The van der Waals surface area contributed by atoms with Gasteiger partial charge in [0.15, 0.2) is 5.75 Å². The van der Waals surface area contributed by atoms with Gasteiger partial charge in [0.1, 0.15) is 33.5 Å². The number of nitrogens with zero attached hydrogens (tertiary/aromatic N) is 6. The van der Waals surface area contributed by atoms with Crippen molar-refractivity contribution in [3.63, 3.8) is 0 Å². The molecular formula is C42H35N7O8S. The molecule has 0 saturated carbocycles. The molecule has 7 aromatic carbocycles. The number of aliphatic hydroxyl groups is 2. The van der Waals surface area contributed by atoms with Crippen LogP contribution in [0.5, 0.6) is 17.2 Å². The lowest BCUT2D eigenvalue weighted by molar-refractivity contribution is 0.282. The summed E-state index contributed by atoms with van der Waals surface area (Å²) in [4.78, 5) is -0.368. The first-order chi connectivity index (χ1) is 27.9. The Hall–Kier alpha value is -7.11. The third kappa shape index (κ3) is 8.49. The van der Waals surface area contributed by atoms with Gasteiger partial charge in [-0.2, -0.15) is 18.6 Å². The number of nitrogens with two attached hydrogens (primary N) is 1. The standard InChI is InChI=1S/C42H35N7O8S/c1-57-40-21-36(46-44-31-10-8-26-4-2-3-5-27(26)17-31)30(23-51)19-38(40)49-47-35-20-39(52)37(18-29(35)22-50)48-45-34-13-9-28-15-24(6-11-32(28)42(34)53)14-25-7-12-33(43)41(16-25)58(54,55)56/h2-13,15-21,50-53H,14,22-23,43H2,1H3,(H,54,55,56). The smallest absolute Gasteiger partial charge is 0.296 e. The van der Waals surface area contributed by atoms with Crippen LogP contribution >= 0.6 is 0 Å². The molecular weight excluding hydrogens is 763 g/mol. The summed E-state index contributed by atoms with van der Waals surface area (Å²) in [5, 5.41) is 70.9. The fourth-order valence-corrected chi connectivity index (χ4v) is 6.89. The van der Waals surface area contributed by atoms with E-state index < -0.39 is 16.7 Å². The number of aromatic hydroxyl groups is 2. The van der Waals surface area contributed by atoms with Crippen LogP contribution in [0.25, 0.3) is 21.5 Å². The number of phenolic OH excluding ortho intramolecular Hbond substituents is 2. The van der Waals surface area contributed by atoms with Gasteiger partial charge >= 0.3 is 0 Å². The van der Waals surface area contributed by atoms with Gasteiger partial charge in [-0.25, -0.2) is 0 Å². The molecule has 0 aliphatic rings. The van der Waals surface area contributed by atoms with Gasteiger partial charge in [-0.05, 0) is 76.2 Å². The van der Waals surface area contributed by atoms with Crippen molar-refractivity contribution in [2.24, 2.45) is 30.7 Å². The SMILES string of the molecule is COc1cc(N=Nc2ccc3ccccc3c2)c(CO)cc1N=Nc1cc(O)c(N=Nc2ccc3cc(Cc4ccc(N)c(S(=O)(=O)O)c4)ccc3c2O)cc1CO. The van der Waals surface area contributed by atoms with Crippen LogP contribution in [0.3, 0.4) is 0 Å². The Balaban J connectivity index is 1.09. The average Bonchev–Trinajstić information content (AvgIpc) is 3.22. The molecule has 7 rings (SSSR count). The molecule has 0 radical (unpaired) electrons. The maximum Gasteiger partial charge on any atom is 0.296 e. The topological polar surface area (TPSA) is 245 Å². The van der Waals surface area contributed by atoms with Crippen molar-refractivity contribution >= 4 is 71.5 Å². The van der Waals surface area contributed by atoms with Crippen LogP contribution in [0.15, 0.2) is 151 Å². The van der Waals surface area contributed by atoms with E-state index in [1.165, 1.54) is 31.4 Å². The molecule has 0 unspecified atom stereocenters. The molecule has 0 spiro atoms. The van der Waals surface area contributed by atoms with Crippen molar-refractivity contribution in [2.75, 3.05) is 12.8 Å². The maximum absolute atomic E-state index is 11.7. The Morgan fingerprint density at radius 3 is 1.97 bits per heavy atom. The summed E-state index contributed by atoms with van der Waals surface area (Å²) in [5.74, 6) is -0.207. The van der Waals surface area contributed by atoms with Gasteiger partial charge < -0.3 is 30.9 Å². The third-order valence-electron chi connectivity index (χ3n) is 9.23. The van der Waals surface area contributed by atoms with Crippen molar-refractivity contribution in [1.82, 2.24) is 0 Å². The van der Waals surface area contributed by atoms with Crippen molar-refractivity contribution in [3.8, 4) is 17.2 Å². The van der Waals surface area contributed by atoms with Crippen LogP contribution in [0.2, 0.25) is 0 Å². The van der Waals surface area contributed by atoms with E-state index in [0.29, 0.717) is 39.7 Å². The van der Waals surface area contributed by atoms with Crippen LogP contribution in [-0.4, -0.2) is 40.5 Å². The first kappa shape index (κ1) is 39.1. The molecule has 0 aromatic heterocycles. The fraction of sp³-hybridized carbons (Fsp3) is 0.0952. The number of benzene rings is 7. The molecule has 0 fully saturated rings. The van der Waals surface area contributed by atoms with Gasteiger partial charge in [0, 0.05) is 28.6 Å². The van der Waals surface area contributed by atoms with Crippen LogP contribution < -0.4 is 10.5 Å². The summed E-state index contributed by atoms with van der Waals surface area (Å²) in [5.41, 5.74) is 9.20. The summed E-state index contributed by atoms with van der Waals surface area (Å²) in [6.07, 6.45) is 0.326. The highest BCUT2D eigenvalue weighted by Crippen LogP contribution is 2.41. The minimum atomic E-state index is -4.49. The van der Waals surface area contributed by atoms with E-state index in [0.717, 1.165) is 16.3 Å². The van der Waals surface area contributed by atoms with Crippen LogP contribution in [0.1, 0.15) is 22.3 Å². The molecule has 0 aliphatic heterocycles. The number of fused-ring (bicyclic) bond motifs is 2. The number of anilines is 1. The van der Waals surface area contributed by atoms with Gasteiger partial charge in [0.2, 0.25) is 0 Å². The Labute approximate surface area is 331 Å². The number of nitrogen functional groups attached to an aromatic ring is 1. The summed E-state index contributed by atoms with van der Waals surface area (Å²) in [6.45, 7) is -0.858. The van der Waals surface area contributed by atoms with Crippen LogP contribution in [0, 0.1) is 0 Å². The molecule has 58 heavy (non-hydrogen) atoms.